The lowest BCUT2D eigenvalue weighted by Gasteiger charge is -2.36. The topological polar surface area (TPSA) is 18.5 Å². The van der Waals surface area contributed by atoms with Crippen LogP contribution >= 0.6 is 22.2 Å². The number of ether oxygens (including phenoxy) is 2. The van der Waals surface area contributed by atoms with E-state index >= 15 is 0 Å². The van der Waals surface area contributed by atoms with Crippen molar-refractivity contribution in [2.75, 3.05) is 0 Å². The highest BCUT2D eigenvalue weighted by molar-refractivity contribution is 7.39. The maximum atomic E-state index is 6.01. The van der Waals surface area contributed by atoms with E-state index in [0.717, 1.165) is 29.3 Å². The molecular weight excluding hydrogens is 299 g/mol. The van der Waals surface area contributed by atoms with Gasteiger partial charge in [0, 0.05) is 18.9 Å². The third-order valence-corrected chi connectivity index (χ3v) is 5.37. The fraction of sp³-hybridized carbons (Fsp3) is 0.571. The Kier molecular flexibility index (Phi) is 4.82. The Balaban J connectivity index is 2.11. The molecule has 0 fully saturated rings. The van der Waals surface area contributed by atoms with Gasteiger partial charge in [-0.05, 0) is 23.6 Å². The van der Waals surface area contributed by atoms with Crippen LogP contribution in [0, 0.1) is 5.92 Å². The molecule has 19 heavy (non-hydrogen) atoms. The monoisotopic (exact) mass is 317 g/mol. The molecule has 2 rings (SSSR count). The van der Waals surface area contributed by atoms with Crippen LogP contribution in [0.25, 0.3) is 0 Å². The molecule has 0 saturated carbocycles. The van der Waals surface area contributed by atoms with Crippen molar-refractivity contribution in [2.24, 2.45) is 5.92 Å². The lowest BCUT2D eigenvalue weighted by Crippen LogP contribution is -2.39. The molecule has 1 aromatic rings. The van der Waals surface area contributed by atoms with Crippen LogP contribution in [0.3, 0.4) is 0 Å². The minimum Gasteiger partial charge on any atom is -0.462 e. The van der Waals surface area contributed by atoms with Crippen LogP contribution in [-0.2, 0) is 11.3 Å². The predicted octanol–water partition coefficient (Wildman–Crippen LogP) is 3.92. The molecule has 1 radical (unpaired) electrons. The fourth-order valence-corrected chi connectivity index (χ4v) is 3.27. The maximum Gasteiger partial charge on any atom is 0.307 e. The van der Waals surface area contributed by atoms with Gasteiger partial charge in [0.15, 0.2) is 0 Å². The molecule has 0 bridgehead atoms. The Morgan fingerprint density at radius 1 is 1.37 bits per heavy atom. The zero-order valence-electron chi connectivity index (χ0n) is 11.5. The SMILES string of the molecule is CC(C)CCC1(C)OCc2cc([Si](Cl)Cl)ccc2O1. The molecule has 0 N–H and O–H groups in total. The van der Waals surface area contributed by atoms with Gasteiger partial charge in [0.1, 0.15) is 5.75 Å². The first-order valence-electron chi connectivity index (χ1n) is 6.54. The number of fused-ring (bicyclic) bond motifs is 1. The maximum absolute atomic E-state index is 6.01. The zero-order chi connectivity index (χ0) is 14.0. The Hall–Kier alpha value is -0.223. The number of halogens is 2. The van der Waals surface area contributed by atoms with Gasteiger partial charge in [-0.2, -0.15) is 0 Å². The summed E-state index contributed by atoms with van der Waals surface area (Å²) in [6.07, 6.45) is 1.98. The summed E-state index contributed by atoms with van der Waals surface area (Å²) in [6, 6.07) is 5.89. The third kappa shape index (κ3) is 3.88. The highest BCUT2D eigenvalue weighted by atomic mass is 35.7. The molecule has 0 aliphatic carbocycles. The summed E-state index contributed by atoms with van der Waals surface area (Å²) in [7, 11) is -1.46. The van der Waals surface area contributed by atoms with Crippen molar-refractivity contribution in [3.63, 3.8) is 0 Å². The quantitative estimate of drug-likeness (QED) is 0.619. The van der Waals surface area contributed by atoms with E-state index in [1.165, 1.54) is 0 Å². The van der Waals surface area contributed by atoms with Gasteiger partial charge < -0.3 is 9.47 Å². The van der Waals surface area contributed by atoms with E-state index in [4.69, 9.17) is 31.6 Å². The highest BCUT2D eigenvalue weighted by Crippen LogP contribution is 2.34. The summed E-state index contributed by atoms with van der Waals surface area (Å²) in [5, 5.41) is 0.977. The minimum atomic E-state index is -1.46. The largest absolute Gasteiger partial charge is 0.462 e. The normalized spacial score (nSPS) is 22.5. The van der Waals surface area contributed by atoms with E-state index in [1.807, 2.05) is 25.1 Å². The van der Waals surface area contributed by atoms with Crippen molar-refractivity contribution in [1.82, 2.24) is 0 Å². The van der Waals surface area contributed by atoms with Crippen molar-refractivity contribution in [2.45, 2.75) is 46.0 Å². The van der Waals surface area contributed by atoms with Gasteiger partial charge in [-0.25, -0.2) is 0 Å². The molecule has 1 aliphatic heterocycles. The first kappa shape index (κ1) is 15.2. The molecule has 1 unspecified atom stereocenters. The second-order valence-corrected chi connectivity index (χ2v) is 9.49. The summed E-state index contributed by atoms with van der Waals surface area (Å²) in [4.78, 5) is 0. The molecule has 105 valence electrons. The van der Waals surface area contributed by atoms with E-state index in [9.17, 15) is 0 Å². The van der Waals surface area contributed by atoms with Crippen LogP contribution in [0.15, 0.2) is 18.2 Å². The molecule has 0 amide bonds. The Labute approximate surface area is 126 Å². The molecule has 1 atom stereocenters. The Bertz CT molecular complexity index is 451. The van der Waals surface area contributed by atoms with Crippen molar-refractivity contribution in [1.29, 1.82) is 0 Å². The number of hydrogen-bond acceptors (Lipinski definition) is 2. The third-order valence-electron chi connectivity index (χ3n) is 3.31. The molecule has 0 spiro atoms. The van der Waals surface area contributed by atoms with Gasteiger partial charge in [-0.15, -0.1) is 22.2 Å². The predicted molar refractivity (Wildman–Crippen MR) is 81.4 cm³/mol. The Morgan fingerprint density at radius 3 is 2.74 bits per heavy atom. The summed E-state index contributed by atoms with van der Waals surface area (Å²) in [5.41, 5.74) is 1.03. The Morgan fingerprint density at radius 2 is 2.11 bits per heavy atom. The van der Waals surface area contributed by atoms with Crippen LogP contribution in [0.2, 0.25) is 0 Å². The second kappa shape index (κ2) is 6.04. The van der Waals surface area contributed by atoms with Crippen LogP contribution in [0.4, 0.5) is 0 Å². The fourth-order valence-electron chi connectivity index (χ4n) is 2.08. The first-order chi connectivity index (χ1) is 8.89. The molecule has 0 saturated heterocycles. The average Bonchev–Trinajstić information content (AvgIpc) is 2.36. The molecule has 0 aromatic heterocycles. The van der Waals surface area contributed by atoms with E-state index in [0.29, 0.717) is 12.5 Å². The summed E-state index contributed by atoms with van der Waals surface area (Å²) < 4.78 is 11.9. The lowest BCUT2D eigenvalue weighted by atomic mass is 10.0. The number of hydrogen-bond donors (Lipinski definition) is 0. The van der Waals surface area contributed by atoms with Gasteiger partial charge in [0.2, 0.25) is 5.79 Å². The van der Waals surface area contributed by atoms with Crippen molar-refractivity contribution in [3.05, 3.63) is 23.8 Å². The van der Waals surface area contributed by atoms with Gasteiger partial charge in [-0.3, -0.25) is 0 Å². The van der Waals surface area contributed by atoms with E-state index in [2.05, 4.69) is 13.8 Å². The van der Waals surface area contributed by atoms with Crippen LogP contribution in [-0.4, -0.2) is 13.2 Å². The lowest BCUT2D eigenvalue weighted by molar-refractivity contribution is -0.198. The van der Waals surface area contributed by atoms with Crippen molar-refractivity contribution in [3.8, 4) is 5.75 Å². The van der Waals surface area contributed by atoms with E-state index in [1.54, 1.807) is 0 Å². The molecule has 2 nitrogen and oxygen atoms in total. The minimum absolute atomic E-state index is 0.519. The molecule has 5 heteroatoms. The van der Waals surface area contributed by atoms with Gasteiger partial charge in [0.05, 0.1) is 6.61 Å². The molecule has 1 heterocycles. The highest BCUT2D eigenvalue weighted by Gasteiger charge is 2.32. The first-order valence-corrected chi connectivity index (χ1v) is 10.1. The number of benzene rings is 1. The van der Waals surface area contributed by atoms with Crippen LogP contribution in [0.1, 0.15) is 39.2 Å². The van der Waals surface area contributed by atoms with Crippen molar-refractivity contribution < 1.29 is 9.47 Å². The standard InChI is InChI=1S/C14H19Cl2O2Si/c1-10(2)6-7-14(3)17-9-11-8-12(19(15)16)4-5-13(11)18-14/h4-5,8,10H,6-7,9H2,1-3H3. The molecule has 1 aliphatic rings. The molecular formula is C14H19Cl2O2Si. The summed E-state index contributed by atoms with van der Waals surface area (Å²) >= 11 is 11.9. The number of rotatable bonds is 4. The van der Waals surface area contributed by atoms with Crippen LogP contribution < -0.4 is 9.92 Å². The zero-order valence-corrected chi connectivity index (χ0v) is 14.0. The van der Waals surface area contributed by atoms with Gasteiger partial charge in [-0.1, -0.05) is 26.0 Å². The van der Waals surface area contributed by atoms with E-state index < -0.39 is 13.2 Å². The smallest absolute Gasteiger partial charge is 0.307 e. The second-order valence-electron chi connectivity index (χ2n) is 5.54. The van der Waals surface area contributed by atoms with Gasteiger partial charge >= 0.3 is 7.42 Å². The van der Waals surface area contributed by atoms with Crippen LogP contribution in [0.5, 0.6) is 5.75 Å². The average molecular weight is 318 g/mol. The summed E-state index contributed by atoms with van der Waals surface area (Å²) in [5.74, 6) is 1.01. The van der Waals surface area contributed by atoms with Gasteiger partial charge in [0.25, 0.3) is 0 Å². The summed E-state index contributed by atoms with van der Waals surface area (Å²) in [6.45, 7) is 6.97. The van der Waals surface area contributed by atoms with E-state index in [-0.39, 0.29) is 0 Å². The molecule has 1 aromatic carbocycles. The van der Waals surface area contributed by atoms with Crippen molar-refractivity contribution >= 4 is 34.8 Å².